The first kappa shape index (κ1) is 14.3. The van der Waals surface area contributed by atoms with Crippen molar-refractivity contribution in [2.75, 3.05) is 19.6 Å². The van der Waals surface area contributed by atoms with Crippen LogP contribution in [-0.2, 0) is 9.59 Å². The number of carbonyl (C=O) groups excluding carboxylic acids is 2. The molecule has 0 aliphatic carbocycles. The van der Waals surface area contributed by atoms with Crippen LogP contribution in [-0.4, -0.2) is 58.5 Å². The second kappa shape index (κ2) is 6.37. The smallest absolute Gasteiger partial charge is 0.245 e. The first-order valence-electron chi connectivity index (χ1n) is 7.39. The third kappa shape index (κ3) is 3.26. The van der Waals surface area contributed by atoms with Crippen LogP contribution in [0.1, 0.15) is 45.4 Å². The summed E-state index contributed by atoms with van der Waals surface area (Å²) < 4.78 is 0. The van der Waals surface area contributed by atoms with Crippen molar-refractivity contribution in [3.8, 4) is 0 Å². The van der Waals surface area contributed by atoms with E-state index in [1.165, 1.54) is 0 Å². The largest absolute Gasteiger partial charge is 0.391 e. The number of aliphatic hydroxyl groups excluding tert-OH is 1. The molecule has 0 saturated carbocycles. The number of piperidine rings is 1. The van der Waals surface area contributed by atoms with Crippen LogP contribution in [0.15, 0.2) is 0 Å². The Hall–Kier alpha value is -1.10. The van der Waals surface area contributed by atoms with Gasteiger partial charge in [0.25, 0.3) is 0 Å². The highest BCUT2D eigenvalue weighted by atomic mass is 16.3. The third-order valence-corrected chi connectivity index (χ3v) is 4.05. The van der Waals surface area contributed by atoms with E-state index in [1.807, 2.05) is 6.92 Å². The molecule has 0 spiro atoms. The second-order valence-corrected chi connectivity index (χ2v) is 5.58. The van der Waals surface area contributed by atoms with Crippen LogP contribution in [0.3, 0.4) is 0 Å². The van der Waals surface area contributed by atoms with Gasteiger partial charge in [-0.25, -0.2) is 0 Å². The fourth-order valence-electron chi connectivity index (χ4n) is 3.00. The number of hydrogen-bond donors (Lipinski definition) is 1. The molecule has 0 radical (unpaired) electrons. The molecule has 0 bridgehead atoms. The maximum Gasteiger partial charge on any atom is 0.245 e. The van der Waals surface area contributed by atoms with E-state index in [-0.39, 0.29) is 17.9 Å². The molecule has 1 unspecified atom stereocenters. The van der Waals surface area contributed by atoms with E-state index in [9.17, 15) is 14.7 Å². The molecule has 5 nitrogen and oxygen atoms in total. The van der Waals surface area contributed by atoms with E-state index in [0.717, 1.165) is 25.7 Å². The van der Waals surface area contributed by atoms with Crippen LogP contribution in [0.4, 0.5) is 0 Å². The first-order valence-corrected chi connectivity index (χ1v) is 7.39. The highest BCUT2D eigenvalue weighted by Crippen LogP contribution is 2.22. The summed E-state index contributed by atoms with van der Waals surface area (Å²) in [5.74, 6) is 0.126. The van der Waals surface area contributed by atoms with E-state index < -0.39 is 6.10 Å². The summed E-state index contributed by atoms with van der Waals surface area (Å²) in [4.78, 5) is 28.1. The Morgan fingerprint density at radius 3 is 2.63 bits per heavy atom. The zero-order valence-corrected chi connectivity index (χ0v) is 11.7. The molecule has 2 fully saturated rings. The minimum atomic E-state index is -0.396. The average molecular weight is 268 g/mol. The predicted octanol–water partition coefficient (Wildman–Crippen LogP) is 0.761. The van der Waals surface area contributed by atoms with E-state index in [2.05, 4.69) is 0 Å². The van der Waals surface area contributed by atoms with Gasteiger partial charge in [-0.15, -0.1) is 0 Å². The lowest BCUT2D eigenvalue weighted by Crippen LogP contribution is -2.52. The Bertz CT molecular complexity index is 346. The molecule has 2 saturated heterocycles. The molecule has 0 aromatic heterocycles. The van der Waals surface area contributed by atoms with Gasteiger partial charge in [-0.2, -0.15) is 0 Å². The van der Waals surface area contributed by atoms with E-state index in [1.54, 1.807) is 9.80 Å². The molecule has 2 atom stereocenters. The molecule has 108 valence electrons. The summed E-state index contributed by atoms with van der Waals surface area (Å²) in [6.45, 7) is 3.72. The van der Waals surface area contributed by atoms with Gasteiger partial charge in [0.15, 0.2) is 0 Å². The number of likely N-dealkylation sites (tertiary alicyclic amines) is 2. The fourth-order valence-corrected chi connectivity index (χ4v) is 3.00. The van der Waals surface area contributed by atoms with Crippen molar-refractivity contribution >= 4 is 11.8 Å². The summed E-state index contributed by atoms with van der Waals surface area (Å²) in [7, 11) is 0. The summed E-state index contributed by atoms with van der Waals surface area (Å²) in [5, 5.41) is 9.53. The standard InChI is InChI=1S/C14H24N2O3/c1-2-5-13(18)16-8-4-3-6-12(16)14(19)15-9-7-11(17)10-15/h11-12,17H,2-10H2,1H3/t11-,12?/m1/s1. The van der Waals surface area contributed by atoms with Gasteiger partial charge in [0.1, 0.15) is 6.04 Å². The minimum Gasteiger partial charge on any atom is -0.391 e. The fraction of sp³-hybridized carbons (Fsp3) is 0.857. The molecule has 5 heteroatoms. The summed E-state index contributed by atoms with van der Waals surface area (Å²) in [5.41, 5.74) is 0. The lowest BCUT2D eigenvalue weighted by Gasteiger charge is -2.36. The molecular formula is C14H24N2O3. The van der Waals surface area contributed by atoms with Gasteiger partial charge in [-0.05, 0) is 32.1 Å². The minimum absolute atomic E-state index is 0.0284. The van der Waals surface area contributed by atoms with Crippen LogP contribution >= 0.6 is 0 Å². The molecule has 0 aromatic rings. The van der Waals surface area contributed by atoms with Crippen LogP contribution in [0.25, 0.3) is 0 Å². The van der Waals surface area contributed by atoms with E-state index in [4.69, 9.17) is 0 Å². The number of rotatable bonds is 3. The maximum atomic E-state index is 12.5. The van der Waals surface area contributed by atoms with Crippen molar-refractivity contribution in [3.05, 3.63) is 0 Å². The Balaban J connectivity index is 2.02. The van der Waals surface area contributed by atoms with Crippen LogP contribution < -0.4 is 0 Å². The van der Waals surface area contributed by atoms with Crippen molar-refractivity contribution in [1.82, 2.24) is 9.80 Å². The SMILES string of the molecule is CCCC(=O)N1CCCCC1C(=O)N1CC[C@@H](O)C1. The van der Waals surface area contributed by atoms with Gasteiger partial charge in [0, 0.05) is 26.1 Å². The van der Waals surface area contributed by atoms with Crippen LogP contribution in [0.2, 0.25) is 0 Å². The Kier molecular flexibility index (Phi) is 4.80. The van der Waals surface area contributed by atoms with Gasteiger partial charge in [-0.1, -0.05) is 6.92 Å². The average Bonchev–Trinajstić information content (AvgIpc) is 2.85. The number of β-amino-alcohol motifs (C(OH)–C–C–N with tert-alkyl or cyclic N) is 1. The van der Waals surface area contributed by atoms with Crippen LogP contribution in [0, 0.1) is 0 Å². The summed E-state index contributed by atoms with van der Waals surface area (Å²) in [6.07, 6.45) is 4.35. The lowest BCUT2D eigenvalue weighted by atomic mass is 10.00. The molecule has 2 aliphatic rings. The summed E-state index contributed by atoms with van der Waals surface area (Å²) in [6, 6.07) is -0.293. The molecule has 19 heavy (non-hydrogen) atoms. The van der Waals surface area contributed by atoms with E-state index in [0.29, 0.717) is 32.5 Å². The number of hydrogen-bond acceptors (Lipinski definition) is 3. The van der Waals surface area contributed by atoms with Crippen molar-refractivity contribution in [2.24, 2.45) is 0 Å². The lowest BCUT2D eigenvalue weighted by molar-refractivity contribution is -0.147. The zero-order chi connectivity index (χ0) is 13.8. The molecule has 1 N–H and O–H groups in total. The predicted molar refractivity (Wildman–Crippen MR) is 71.5 cm³/mol. The number of carbonyl (C=O) groups is 2. The van der Waals surface area contributed by atoms with E-state index >= 15 is 0 Å². The molecule has 0 aromatic carbocycles. The van der Waals surface area contributed by atoms with Gasteiger partial charge >= 0.3 is 0 Å². The topological polar surface area (TPSA) is 60.9 Å². The summed E-state index contributed by atoms with van der Waals surface area (Å²) >= 11 is 0. The third-order valence-electron chi connectivity index (χ3n) is 4.05. The van der Waals surface area contributed by atoms with Crippen LogP contribution in [0.5, 0.6) is 0 Å². The molecule has 2 amide bonds. The number of nitrogens with zero attached hydrogens (tertiary/aromatic N) is 2. The van der Waals surface area contributed by atoms with Gasteiger partial charge in [-0.3, -0.25) is 9.59 Å². The molecule has 2 rings (SSSR count). The van der Waals surface area contributed by atoms with Crippen molar-refractivity contribution in [1.29, 1.82) is 0 Å². The van der Waals surface area contributed by atoms with Crippen molar-refractivity contribution in [2.45, 2.75) is 57.6 Å². The quantitative estimate of drug-likeness (QED) is 0.822. The highest BCUT2D eigenvalue weighted by Gasteiger charge is 2.36. The van der Waals surface area contributed by atoms with Crippen molar-refractivity contribution in [3.63, 3.8) is 0 Å². The first-order chi connectivity index (χ1) is 9.13. The zero-order valence-electron chi connectivity index (χ0n) is 11.7. The van der Waals surface area contributed by atoms with Crippen molar-refractivity contribution < 1.29 is 14.7 Å². The number of aliphatic hydroxyl groups is 1. The maximum absolute atomic E-state index is 12.5. The molecular weight excluding hydrogens is 244 g/mol. The Morgan fingerprint density at radius 1 is 1.21 bits per heavy atom. The highest BCUT2D eigenvalue weighted by molar-refractivity contribution is 5.88. The van der Waals surface area contributed by atoms with Gasteiger partial charge < -0.3 is 14.9 Å². The van der Waals surface area contributed by atoms with Gasteiger partial charge in [0.2, 0.25) is 11.8 Å². The Labute approximate surface area is 114 Å². The van der Waals surface area contributed by atoms with Gasteiger partial charge in [0.05, 0.1) is 6.10 Å². The molecule has 2 heterocycles. The Morgan fingerprint density at radius 2 is 2.00 bits per heavy atom. The monoisotopic (exact) mass is 268 g/mol. The second-order valence-electron chi connectivity index (χ2n) is 5.58. The molecule has 2 aliphatic heterocycles. The normalized spacial score (nSPS) is 27.7. The number of amides is 2.